The molecule has 0 aliphatic heterocycles. The summed E-state index contributed by atoms with van der Waals surface area (Å²) in [7, 11) is 0. The molecule has 1 N–H and O–H groups in total. The van der Waals surface area contributed by atoms with Crippen molar-refractivity contribution in [3.63, 3.8) is 0 Å². The predicted octanol–water partition coefficient (Wildman–Crippen LogP) is 4.76. The fraction of sp³-hybridized carbons (Fsp3) is 1.00. The van der Waals surface area contributed by atoms with Gasteiger partial charge in [-0.25, -0.2) is 0 Å². The summed E-state index contributed by atoms with van der Waals surface area (Å²) in [6.45, 7) is 13.1. The molecular formula is C16H33N. The molecule has 1 rings (SSSR count). The molecule has 0 bridgehead atoms. The second kappa shape index (κ2) is 6.22. The van der Waals surface area contributed by atoms with Crippen LogP contribution in [-0.4, -0.2) is 12.6 Å². The van der Waals surface area contributed by atoms with Gasteiger partial charge in [-0.15, -0.1) is 0 Å². The van der Waals surface area contributed by atoms with Crippen molar-refractivity contribution in [2.45, 2.75) is 85.6 Å². The second-order valence-electron chi connectivity index (χ2n) is 7.20. The average Bonchev–Trinajstić information content (AvgIpc) is 2.31. The minimum Gasteiger partial charge on any atom is -0.314 e. The van der Waals surface area contributed by atoms with E-state index in [9.17, 15) is 0 Å². The summed E-state index contributed by atoms with van der Waals surface area (Å²) < 4.78 is 0. The van der Waals surface area contributed by atoms with Crippen LogP contribution in [0.15, 0.2) is 0 Å². The molecule has 1 saturated carbocycles. The van der Waals surface area contributed by atoms with Crippen molar-refractivity contribution in [1.82, 2.24) is 5.32 Å². The Morgan fingerprint density at radius 2 is 1.76 bits per heavy atom. The molecule has 2 unspecified atom stereocenters. The van der Waals surface area contributed by atoms with Crippen molar-refractivity contribution in [2.24, 2.45) is 10.8 Å². The summed E-state index contributed by atoms with van der Waals surface area (Å²) in [5.74, 6) is 0. The van der Waals surface area contributed by atoms with Gasteiger partial charge in [0.1, 0.15) is 0 Å². The van der Waals surface area contributed by atoms with Gasteiger partial charge in [-0.2, -0.15) is 0 Å². The quantitative estimate of drug-likeness (QED) is 0.732. The van der Waals surface area contributed by atoms with Gasteiger partial charge in [0.25, 0.3) is 0 Å². The van der Waals surface area contributed by atoms with Gasteiger partial charge in [0.2, 0.25) is 0 Å². The van der Waals surface area contributed by atoms with E-state index >= 15 is 0 Å². The molecule has 1 fully saturated rings. The first-order chi connectivity index (χ1) is 7.89. The highest BCUT2D eigenvalue weighted by molar-refractivity contribution is 4.88. The van der Waals surface area contributed by atoms with Crippen LogP contribution in [0.25, 0.3) is 0 Å². The van der Waals surface area contributed by atoms with E-state index in [2.05, 4.69) is 39.9 Å². The topological polar surface area (TPSA) is 12.0 Å². The van der Waals surface area contributed by atoms with Crippen LogP contribution in [0, 0.1) is 10.8 Å². The molecular weight excluding hydrogens is 206 g/mol. The predicted molar refractivity (Wildman–Crippen MR) is 77.3 cm³/mol. The van der Waals surface area contributed by atoms with Crippen LogP contribution in [0.4, 0.5) is 0 Å². The Bertz CT molecular complexity index is 216. The van der Waals surface area contributed by atoms with Gasteiger partial charge in [0.15, 0.2) is 0 Å². The van der Waals surface area contributed by atoms with Gasteiger partial charge in [-0.05, 0) is 43.1 Å². The van der Waals surface area contributed by atoms with E-state index in [-0.39, 0.29) is 0 Å². The standard InChI is InChI=1S/C16H33N/c1-6-17-14-10-8-7-9-12-16(5,13-11-14)15(2,3)4/h14,17H,6-13H2,1-5H3. The lowest BCUT2D eigenvalue weighted by Gasteiger charge is -2.43. The van der Waals surface area contributed by atoms with E-state index in [1.165, 1.54) is 44.9 Å². The minimum absolute atomic E-state index is 0.439. The molecule has 102 valence electrons. The highest BCUT2D eigenvalue weighted by Gasteiger charge is 2.37. The third kappa shape index (κ3) is 4.28. The first-order valence-corrected chi connectivity index (χ1v) is 7.62. The third-order valence-electron chi connectivity index (χ3n) is 5.13. The van der Waals surface area contributed by atoms with Gasteiger partial charge in [0.05, 0.1) is 0 Å². The lowest BCUT2D eigenvalue weighted by molar-refractivity contribution is 0.0778. The minimum atomic E-state index is 0.439. The fourth-order valence-corrected chi connectivity index (χ4v) is 3.09. The fourth-order valence-electron chi connectivity index (χ4n) is 3.09. The number of nitrogens with one attached hydrogen (secondary N) is 1. The van der Waals surface area contributed by atoms with Crippen molar-refractivity contribution in [2.75, 3.05) is 6.54 Å². The van der Waals surface area contributed by atoms with E-state index in [0.717, 1.165) is 12.6 Å². The zero-order valence-electron chi connectivity index (χ0n) is 12.7. The van der Waals surface area contributed by atoms with Crippen molar-refractivity contribution < 1.29 is 0 Å². The molecule has 0 aromatic rings. The number of hydrogen-bond acceptors (Lipinski definition) is 1. The Labute approximate surface area is 109 Å². The van der Waals surface area contributed by atoms with Crippen LogP contribution in [0.5, 0.6) is 0 Å². The molecule has 1 heteroatoms. The molecule has 17 heavy (non-hydrogen) atoms. The van der Waals surface area contributed by atoms with Crippen LogP contribution in [0.2, 0.25) is 0 Å². The highest BCUT2D eigenvalue weighted by Crippen LogP contribution is 2.47. The maximum absolute atomic E-state index is 3.67. The summed E-state index contributed by atoms with van der Waals surface area (Å²) in [4.78, 5) is 0. The Kier molecular flexibility index (Phi) is 5.50. The molecule has 0 radical (unpaired) electrons. The van der Waals surface area contributed by atoms with Crippen LogP contribution in [0.1, 0.15) is 79.6 Å². The van der Waals surface area contributed by atoms with Crippen LogP contribution in [0.3, 0.4) is 0 Å². The van der Waals surface area contributed by atoms with Crippen LogP contribution in [-0.2, 0) is 0 Å². The third-order valence-corrected chi connectivity index (χ3v) is 5.13. The monoisotopic (exact) mass is 239 g/mol. The van der Waals surface area contributed by atoms with Gasteiger partial charge in [-0.3, -0.25) is 0 Å². The maximum Gasteiger partial charge on any atom is 0.00671 e. The normalized spacial score (nSPS) is 32.6. The Balaban J connectivity index is 2.67. The zero-order valence-corrected chi connectivity index (χ0v) is 12.7. The SMILES string of the molecule is CCNC1CCCCCC(C)(C(C)(C)C)CC1. The van der Waals surface area contributed by atoms with Gasteiger partial charge >= 0.3 is 0 Å². The van der Waals surface area contributed by atoms with Crippen LogP contribution >= 0.6 is 0 Å². The summed E-state index contributed by atoms with van der Waals surface area (Å²) in [6.07, 6.45) is 9.80. The lowest BCUT2D eigenvalue weighted by Crippen LogP contribution is -2.35. The lowest BCUT2D eigenvalue weighted by atomic mass is 9.63. The Hall–Kier alpha value is -0.0400. The summed E-state index contributed by atoms with van der Waals surface area (Å²) in [5.41, 5.74) is 0.957. The molecule has 2 atom stereocenters. The zero-order chi connectivity index (χ0) is 12.9. The first kappa shape index (κ1) is 15.0. The van der Waals surface area contributed by atoms with Gasteiger partial charge < -0.3 is 5.32 Å². The van der Waals surface area contributed by atoms with Crippen LogP contribution < -0.4 is 5.32 Å². The van der Waals surface area contributed by atoms with E-state index in [4.69, 9.17) is 0 Å². The van der Waals surface area contributed by atoms with Gasteiger partial charge in [-0.1, -0.05) is 53.9 Å². The van der Waals surface area contributed by atoms with E-state index in [1.54, 1.807) is 0 Å². The molecule has 0 aromatic carbocycles. The summed E-state index contributed by atoms with van der Waals surface area (Å²) >= 11 is 0. The number of rotatable bonds is 2. The van der Waals surface area contributed by atoms with E-state index in [0.29, 0.717) is 10.8 Å². The molecule has 0 spiro atoms. The van der Waals surface area contributed by atoms with Gasteiger partial charge in [0, 0.05) is 6.04 Å². The second-order valence-corrected chi connectivity index (χ2v) is 7.20. The average molecular weight is 239 g/mol. The molecule has 1 aliphatic carbocycles. The molecule has 1 aliphatic rings. The van der Waals surface area contributed by atoms with E-state index < -0.39 is 0 Å². The van der Waals surface area contributed by atoms with Crippen molar-refractivity contribution in [3.8, 4) is 0 Å². The largest absolute Gasteiger partial charge is 0.314 e. The van der Waals surface area contributed by atoms with Crippen molar-refractivity contribution in [3.05, 3.63) is 0 Å². The molecule has 0 saturated heterocycles. The number of hydrogen-bond donors (Lipinski definition) is 1. The maximum atomic E-state index is 3.67. The summed E-state index contributed by atoms with van der Waals surface area (Å²) in [6, 6.07) is 0.764. The first-order valence-electron chi connectivity index (χ1n) is 7.62. The molecule has 0 aromatic heterocycles. The Morgan fingerprint density at radius 3 is 2.35 bits per heavy atom. The highest BCUT2D eigenvalue weighted by atomic mass is 14.9. The van der Waals surface area contributed by atoms with Crippen molar-refractivity contribution in [1.29, 1.82) is 0 Å². The summed E-state index contributed by atoms with van der Waals surface area (Å²) in [5, 5.41) is 3.67. The van der Waals surface area contributed by atoms with E-state index in [1.807, 2.05) is 0 Å². The smallest absolute Gasteiger partial charge is 0.00671 e. The molecule has 0 amide bonds. The molecule has 0 heterocycles. The molecule has 1 nitrogen and oxygen atoms in total. The Morgan fingerprint density at radius 1 is 1.06 bits per heavy atom. The van der Waals surface area contributed by atoms with Crippen molar-refractivity contribution >= 4 is 0 Å².